The largest absolute Gasteiger partial charge is 0.481 e. The van der Waals surface area contributed by atoms with Gasteiger partial charge in [-0.3, -0.25) is 9.67 Å². The normalized spacial score (nSPS) is 15.1. The van der Waals surface area contributed by atoms with Crippen LogP contribution in [0.5, 0.6) is 11.6 Å². The van der Waals surface area contributed by atoms with Gasteiger partial charge < -0.3 is 14.8 Å². The van der Waals surface area contributed by atoms with Gasteiger partial charge in [-0.15, -0.1) is 10.2 Å². The van der Waals surface area contributed by atoms with Gasteiger partial charge in [0.2, 0.25) is 11.8 Å². The van der Waals surface area contributed by atoms with Crippen LogP contribution < -0.4 is 14.8 Å². The van der Waals surface area contributed by atoms with Crippen LogP contribution in [0.3, 0.4) is 0 Å². The van der Waals surface area contributed by atoms with E-state index >= 15 is 0 Å². The Morgan fingerprint density at radius 1 is 1.15 bits per heavy atom. The van der Waals surface area contributed by atoms with Crippen molar-refractivity contribution in [3.63, 3.8) is 0 Å². The molecule has 0 bridgehead atoms. The summed E-state index contributed by atoms with van der Waals surface area (Å²) in [5.41, 5.74) is 2.06. The number of halogens is 1. The fraction of sp³-hybridized carbons (Fsp3) is 0.182. The molecule has 0 unspecified atom stereocenters. The van der Waals surface area contributed by atoms with Crippen LogP contribution in [0, 0.1) is 5.82 Å². The van der Waals surface area contributed by atoms with Crippen molar-refractivity contribution in [1.82, 2.24) is 39.3 Å². The fourth-order valence-electron chi connectivity index (χ4n) is 3.79. The van der Waals surface area contributed by atoms with E-state index in [0.29, 0.717) is 47.8 Å². The molecule has 0 saturated carbocycles. The highest BCUT2D eigenvalue weighted by Gasteiger charge is 2.26. The summed E-state index contributed by atoms with van der Waals surface area (Å²) in [5, 5.41) is 15.9. The van der Waals surface area contributed by atoms with E-state index < -0.39 is 11.9 Å². The number of aromatic nitrogens is 8. The molecule has 0 spiro atoms. The van der Waals surface area contributed by atoms with E-state index in [-0.39, 0.29) is 0 Å². The zero-order chi connectivity index (χ0) is 23.1. The van der Waals surface area contributed by atoms with Crippen LogP contribution in [0.1, 0.15) is 18.3 Å². The molecule has 6 heterocycles. The molecule has 170 valence electrons. The van der Waals surface area contributed by atoms with E-state index in [9.17, 15) is 4.39 Å². The molecule has 6 rings (SSSR count). The molecule has 5 aromatic heterocycles. The Balaban J connectivity index is 1.34. The number of ether oxygens (including phenoxy) is 2. The second kappa shape index (κ2) is 8.06. The summed E-state index contributed by atoms with van der Waals surface area (Å²) in [4.78, 5) is 12.8. The molecule has 0 aliphatic carbocycles. The van der Waals surface area contributed by atoms with Crippen molar-refractivity contribution in [3.8, 4) is 22.9 Å². The molecule has 1 atom stereocenters. The van der Waals surface area contributed by atoms with Crippen LogP contribution in [0.2, 0.25) is 0 Å². The monoisotopic (exact) mass is 459 g/mol. The van der Waals surface area contributed by atoms with Gasteiger partial charge in [0, 0.05) is 43.4 Å². The zero-order valence-electron chi connectivity index (χ0n) is 18.0. The third kappa shape index (κ3) is 3.64. The Kier molecular flexibility index (Phi) is 4.75. The molecule has 1 N–H and O–H groups in total. The summed E-state index contributed by atoms with van der Waals surface area (Å²) in [6.45, 7) is 0.381. The number of rotatable bonds is 5. The predicted molar refractivity (Wildman–Crippen MR) is 118 cm³/mol. The van der Waals surface area contributed by atoms with Crippen molar-refractivity contribution in [2.75, 3.05) is 11.9 Å². The topological polar surface area (TPSA) is 117 Å². The summed E-state index contributed by atoms with van der Waals surface area (Å²) >= 11 is 0. The smallest absolute Gasteiger partial charge is 0.228 e. The molecule has 0 aromatic carbocycles. The molecule has 1 aliphatic heterocycles. The van der Waals surface area contributed by atoms with Gasteiger partial charge >= 0.3 is 0 Å². The summed E-state index contributed by atoms with van der Waals surface area (Å²) < 4.78 is 29.0. The minimum absolute atomic E-state index is 0.316. The van der Waals surface area contributed by atoms with Crippen LogP contribution in [0.25, 0.3) is 16.9 Å². The minimum Gasteiger partial charge on any atom is -0.481 e. The number of hydrogen-bond donors (Lipinski definition) is 1. The van der Waals surface area contributed by atoms with Crippen LogP contribution in [0.4, 0.5) is 16.2 Å². The number of hydrogen-bond acceptors (Lipinski definition) is 9. The summed E-state index contributed by atoms with van der Waals surface area (Å²) in [6, 6.07) is 8.67. The summed E-state index contributed by atoms with van der Waals surface area (Å²) in [7, 11) is 1.83. The molecule has 0 fully saturated rings. The Bertz CT molecular complexity index is 1500. The molecular weight excluding hydrogens is 441 g/mol. The second-order valence-electron chi connectivity index (χ2n) is 7.65. The predicted octanol–water partition coefficient (Wildman–Crippen LogP) is 3.10. The average molecular weight is 459 g/mol. The Hall–Kier alpha value is -4.61. The Morgan fingerprint density at radius 2 is 2.09 bits per heavy atom. The maximum absolute atomic E-state index is 13.5. The summed E-state index contributed by atoms with van der Waals surface area (Å²) in [6.07, 6.45) is 5.99. The van der Waals surface area contributed by atoms with Crippen LogP contribution in [0.15, 0.2) is 55.1 Å². The quantitative estimate of drug-likeness (QED) is 0.423. The van der Waals surface area contributed by atoms with Crippen molar-refractivity contribution in [3.05, 3.63) is 66.8 Å². The second-order valence-corrected chi connectivity index (χ2v) is 7.65. The standard InChI is InChI=1S/C22H18FN9O2/c1-31-18(3-6-26-31)28-22-25-5-2-16(27-22)13-8-19-29-30-21-17(4-7-33-20(9-13)32(19)21)34-15-10-14(23)11-24-12-15/h2-3,5-6,8-12,17H,4,7H2,1H3,(H,25,27,28)/t17-/m0/s1. The van der Waals surface area contributed by atoms with Gasteiger partial charge in [-0.2, -0.15) is 5.10 Å². The van der Waals surface area contributed by atoms with E-state index in [1.54, 1.807) is 21.5 Å². The van der Waals surface area contributed by atoms with Gasteiger partial charge in [0.1, 0.15) is 17.4 Å². The van der Waals surface area contributed by atoms with Gasteiger partial charge in [0.25, 0.3) is 0 Å². The fourth-order valence-corrected chi connectivity index (χ4v) is 3.79. The van der Waals surface area contributed by atoms with E-state index in [2.05, 4.69) is 35.6 Å². The first kappa shape index (κ1) is 20.0. The average Bonchev–Trinajstić information content (AvgIpc) is 3.40. The summed E-state index contributed by atoms with van der Waals surface area (Å²) in [5.74, 6) is 2.18. The van der Waals surface area contributed by atoms with Crippen molar-refractivity contribution < 1.29 is 13.9 Å². The third-order valence-corrected chi connectivity index (χ3v) is 5.39. The van der Waals surface area contributed by atoms with Crippen LogP contribution in [-0.4, -0.2) is 45.9 Å². The Morgan fingerprint density at radius 3 is 2.94 bits per heavy atom. The number of aryl methyl sites for hydroxylation is 1. The van der Waals surface area contributed by atoms with E-state index in [0.717, 1.165) is 17.6 Å². The van der Waals surface area contributed by atoms with E-state index in [4.69, 9.17) is 9.47 Å². The first-order valence-corrected chi connectivity index (χ1v) is 10.5. The van der Waals surface area contributed by atoms with Crippen LogP contribution >= 0.6 is 0 Å². The highest BCUT2D eigenvalue weighted by atomic mass is 19.1. The lowest BCUT2D eigenvalue weighted by Crippen LogP contribution is -2.12. The molecule has 5 aromatic rings. The van der Waals surface area contributed by atoms with Crippen molar-refractivity contribution in [1.29, 1.82) is 0 Å². The maximum atomic E-state index is 13.5. The van der Waals surface area contributed by atoms with E-state index in [1.807, 2.05) is 31.3 Å². The van der Waals surface area contributed by atoms with Gasteiger partial charge in [-0.25, -0.2) is 18.8 Å². The highest BCUT2D eigenvalue weighted by molar-refractivity contribution is 5.67. The molecule has 1 aliphatic rings. The molecule has 0 amide bonds. The van der Waals surface area contributed by atoms with Gasteiger partial charge in [0.15, 0.2) is 17.6 Å². The molecule has 0 saturated heterocycles. The lowest BCUT2D eigenvalue weighted by atomic mass is 10.2. The number of nitrogens with zero attached hydrogens (tertiary/aromatic N) is 8. The minimum atomic E-state index is -0.473. The van der Waals surface area contributed by atoms with Gasteiger partial charge in [-0.1, -0.05) is 0 Å². The SMILES string of the molecule is Cn1nccc1Nc1nccc(-c2cc3n4c(nnc4c2)[C@@H](Oc2cncc(F)c2)CCO3)n1. The van der Waals surface area contributed by atoms with Crippen molar-refractivity contribution in [2.45, 2.75) is 12.5 Å². The van der Waals surface area contributed by atoms with E-state index in [1.165, 1.54) is 12.3 Å². The number of anilines is 2. The zero-order valence-corrected chi connectivity index (χ0v) is 18.0. The maximum Gasteiger partial charge on any atom is 0.228 e. The van der Waals surface area contributed by atoms with Crippen LogP contribution in [-0.2, 0) is 7.05 Å². The first-order chi connectivity index (χ1) is 16.6. The molecule has 34 heavy (non-hydrogen) atoms. The van der Waals surface area contributed by atoms with Crippen molar-refractivity contribution >= 4 is 17.4 Å². The lowest BCUT2D eigenvalue weighted by molar-refractivity contribution is 0.165. The number of nitrogens with one attached hydrogen (secondary N) is 1. The first-order valence-electron chi connectivity index (χ1n) is 10.5. The third-order valence-electron chi connectivity index (χ3n) is 5.39. The van der Waals surface area contributed by atoms with Crippen molar-refractivity contribution in [2.24, 2.45) is 7.05 Å². The highest BCUT2D eigenvalue weighted by Crippen LogP contribution is 2.33. The molecule has 0 radical (unpaired) electrons. The molecule has 11 nitrogen and oxygen atoms in total. The Labute approximate surface area is 192 Å². The number of pyridine rings is 2. The van der Waals surface area contributed by atoms with Gasteiger partial charge in [-0.05, 0) is 12.1 Å². The molecular formula is C22H18FN9O2. The van der Waals surface area contributed by atoms with Gasteiger partial charge in [0.05, 0.1) is 30.9 Å². The molecule has 12 heteroatoms. The lowest BCUT2D eigenvalue weighted by Gasteiger charge is -2.14.